The summed E-state index contributed by atoms with van der Waals surface area (Å²) in [4.78, 5) is 4.23. The second-order valence-corrected chi connectivity index (χ2v) is 4.84. The molecule has 2 aromatic rings. The van der Waals surface area contributed by atoms with Crippen molar-refractivity contribution >= 4 is 23.2 Å². The smallest absolute Gasteiger partial charge is 0.138 e. The number of nitrogens with one attached hydrogen (secondary N) is 1. The van der Waals surface area contributed by atoms with Gasteiger partial charge >= 0.3 is 0 Å². The Labute approximate surface area is 121 Å². The fourth-order valence-corrected chi connectivity index (χ4v) is 2.38. The number of hydrogen-bond acceptors (Lipinski definition) is 4. The topological polar surface area (TPSA) is 68.8 Å². The average Bonchev–Trinajstić information content (AvgIpc) is 2.87. The summed E-state index contributed by atoms with van der Waals surface area (Å²) in [5, 5.41) is 5.15. The van der Waals surface area contributed by atoms with Gasteiger partial charge in [-0.25, -0.2) is 4.98 Å². The Kier molecular flexibility index (Phi) is 4.76. The van der Waals surface area contributed by atoms with Gasteiger partial charge in [0.15, 0.2) is 0 Å². The van der Waals surface area contributed by atoms with E-state index >= 15 is 0 Å². The number of nitrogens with zero attached hydrogens (tertiary/aromatic N) is 3. The van der Waals surface area contributed by atoms with Crippen molar-refractivity contribution in [1.29, 1.82) is 0 Å². The molecule has 1 heterocycles. The predicted molar refractivity (Wildman–Crippen MR) is 75.9 cm³/mol. The molecular formula is C12H15Cl2N5. The van der Waals surface area contributed by atoms with Crippen molar-refractivity contribution in [3.63, 3.8) is 0 Å². The van der Waals surface area contributed by atoms with Gasteiger partial charge in [-0.2, -0.15) is 5.10 Å². The number of nitrogens with two attached hydrogens (primary N) is 1. The Balaban J connectivity index is 2.28. The van der Waals surface area contributed by atoms with Crippen LogP contribution in [0.5, 0.6) is 0 Å². The number of hydrazine groups is 1. The van der Waals surface area contributed by atoms with Gasteiger partial charge in [0.05, 0.1) is 16.1 Å². The molecule has 0 bridgehead atoms. The van der Waals surface area contributed by atoms with Crippen LogP contribution in [0, 0.1) is 0 Å². The second-order valence-electron chi connectivity index (χ2n) is 4.06. The van der Waals surface area contributed by atoms with E-state index in [1.807, 2.05) is 23.7 Å². The van der Waals surface area contributed by atoms with Gasteiger partial charge in [0.1, 0.15) is 12.2 Å². The first-order valence-electron chi connectivity index (χ1n) is 5.94. The molecule has 2 rings (SSSR count). The minimum absolute atomic E-state index is 0.166. The molecule has 102 valence electrons. The van der Waals surface area contributed by atoms with Crippen LogP contribution in [0.2, 0.25) is 10.0 Å². The Morgan fingerprint density at radius 2 is 2.21 bits per heavy atom. The Hall–Kier alpha value is -1.14. The number of hydrogen-bond donors (Lipinski definition) is 2. The van der Waals surface area contributed by atoms with Crippen molar-refractivity contribution < 1.29 is 0 Å². The molecule has 7 heteroatoms. The summed E-state index contributed by atoms with van der Waals surface area (Å²) < 4.78 is 1.82. The third-order valence-corrected chi connectivity index (χ3v) is 3.77. The fraction of sp³-hybridized carbons (Fsp3) is 0.333. The third-order valence-electron chi connectivity index (χ3n) is 2.94. The summed E-state index contributed by atoms with van der Waals surface area (Å²) in [6, 6.07) is 5.32. The van der Waals surface area contributed by atoms with Crippen LogP contribution >= 0.6 is 23.2 Å². The molecular weight excluding hydrogens is 285 g/mol. The summed E-state index contributed by atoms with van der Waals surface area (Å²) >= 11 is 12.2. The lowest BCUT2D eigenvalue weighted by molar-refractivity contribution is 0.510. The average molecular weight is 300 g/mol. The van der Waals surface area contributed by atoms with E-state index in [2.05, 4.69) is 15.5 Å². The highest BCUT2D eigenvalue weighted by Crippen LogP contribution is 2.30. The van der Waals surface area contributed by atoms with Crippen LogP contribution in [-0.4, -0.2) is 14.8 Å². The maximum absolute atomic E-state index is 6.21. The molecule has 19 heavy (non-hydrogen) atoms. The van der Waals surface area contributed by atoms with E-state index < -0.39 is 0 Å². The molecule has 0 fully saturated rings. The summed E-state index contributed by atoms with van der Waals surface area (Å²) in [5.41, 5.74) is 3.60. The van der Waals surface area contributed by atoms with Crippen molar-refractivity contribution in [2.45, 2.75) is 25.9 Å². The van der Waals surface area contributed by atoms with Gasteiger partial charge in [-0.1, -0.05) is 35.3 Å². The number of aromatic nitrogens is 3. The molecule has 1 aromatic carbocycles. The largest absolute Gasteiger partial charge is 0.271 e. The number of halogens is 2. The Morgan fingerprint density at radius 1 is 1.42 bits per heavy atom. The third kappa shape index (κ3) is 3.06. The van der Waals surface area contributed by atoms with E-state index in [9.17, 15) is 0 Å². The van der Waals surface area contributed by atoms with Crippen molar-refractivity contribution in [3.05, 3.63) is 46.0 Å². The SMILES string of the molecule is CCn1ncnc1CC(NN)c1cccc(Cl)c1Cl. The second kappa shape index (κ2) is 6.34. The van der Waals surface area contributed by atoms with Crippen LogP contribution in [0.15, 0.2) is 24.5 Å². The van der Waals surface area contributed by atoms with Crippen LogP contribution in [-0.2, 0) is 13.0 Å². The highest BCUT2D eigenvalue weighted by Gasteiger charge is 2.18. The lowest BCUT2D eigenvalue weighted by Crippen LogP contribution is -2.30. The first-order valence-corrected chi connectivity index (χ1v) is 6.69. The van der Waals surface area contributed by atoms with Crippen LogP contribution < -0.4 is 11.3 Å². The number of rotatable bonds is 5. The quantitative estimate of drug-likeness (QED) is 0.657. The Bertz CT molecular complexity index is 555. The van der Waals surface area contributed by atoms with E-state index in [-0.39, 0.29) is 6.04 Å². The summed E-state index contributed by atoms with van der Waals surface area (Å²) in [7, 11) is 0. The highest BCUT2D eigenvalue weighted by molar-refractivity contribution is 6.42. The molecule has 0 saturated carbocycles. The molecule has 5 nitrogen and oxygen atoms in total. The zero-order valence-electron chi connectivity index (χ0n) is 10.5. The van der Waals surface area contributed by atoms with E-state index in [1.54, 1.807) is 6.07 Å². The Morgan fingerprint density at radius 3 is 2.89 bits per heavy atom. The van der Waals surface area contributed by atoms with Gasteiger partial charge in [0.25, 0.3) is 0 Å². The van der Waals surface area contributed by atoms with E-state index in [1.165, 1.54) is 6.33 Å². The van der Waals surface area contributed by atoms with Gasteiger partial charge in [-0.05, 0) is 18.6 Å². The molecule has 0 spiro atoms. The first kappa shape index (κ1) is 14.3. The fourth-order valence-electron chi connectivity index (χ4n) is 1.94. The monoisotopic (exact) mass is 299 g/mol. The van der Waals surface area contributed by atoms with Crippen LogP contribution in [0.4, 0.5) is 0 Å². The molecule has 3 N–H and O–H groups in total. The minimum Gasteiger partial charge on any atom is -0.271 e. The summed E-state index contributed by atoms with van der Waals surface area (Å²) in [5.74, 6) is 6.47. The highest BCUT2D eigenvalue weighted by atomic mass is 35.5. The summed E-state index contributed by atoms with van der Waals surface area (Å²) in [6.07, 6.45) is 2.12. The van der Waals surface area contributed by atoms with Crippen LogP contribution in [0.3, 0.4) is 0 Å². The molecule has 0 radical (unpaired) electrons. The molecule has 0 amide bonds. The molecule has 0 aliphatic carbocycles. The van der Waals surface area contributed by atoms with Crippen molar-refractivity contribution in [2.24, 2.45) is 5.84 Å². The molecule has 0 saturated heterocycles. The van der Waals surface area contributed by atoms with Gasteiger partial charge in [-0.15, -0.1) is 0 Å². The van der Waals surface area contributed by atoms with E-state index in [4.69, 9.17) is 29.0 Å². The standard InChI is InChI=1S/C12H15Cl2N5/c1-2-19-11(16-7-17-19)6-10(18-15)8-4-3-5-9(13)12(8)14/h3-5,7,10,18H,2,6,15H2,1H3. The minimum atomic E-state index is -0.166. The number of benzene rings is 1. The van der Waals surface area contributed by atoms with Crippen LogP contribution in [0.25, 0.3) is 0 Å². The predicted octanol–water partition coefficient (Wildman–Crippen LogP) is 2.35. The van der Waals surface area contributed by atoms with Gasteiger partial charge < -0.3 is 0 Å². The van der Waals surface area contributed by atoms with Crippen molar-refractivity contribution in [1.82, 2.24) is 20.2 Å². The van der Waals surface area contributed by atoms with Crippen molar-refractivity contribution in [3.8, 4) is 0 Å². The molecule has 1 atom stereocenters. The first-order chi connectivity index (χ1) is 9.17. The normalized spacial score (nSPS) is 12.6. The lowest BCUT2D eigenvalue weighted by atomic mass is 10.0. The number of aryl methyl sites for hydroxylation is 1. The maximum Gasteiger partial charge on any atom is 0.138 e. The molecule has 0 aliphatic heterocycles. The lowest BCUT2D eigenvalue weighted by Gasteiger charge is -2.18. The van der Waals surface area contributed by atoms with Crippen LogP contribution in [0.1, 0.15) is 24.4 Å². The van der Waals surface area contributed by atoms with Gasteiger partial charge in [0, 0.05) is 13.0 Å². The summed E-state index contributed by atoms with van der Waals surface area (Å²) in [6.45, 7) is 2.77. The van der Waals surface area contributed by atoms with E-state index in [0.29, 0.717) is 16.5 Å². The van der Waals surface area contributed by atoms with Gasteiger partial charge in [0.2, 0.25) is 0 Å². The molecule has 1 aromatic heterocycles. The molecule has 0 aliphatic rings. The van der Waals surface area contributed by atoms with E-state index in [0.717, 1.165) is 17.9 Å². The zero-order chi connectivity index (χ0) is 13.8. The van der Waals surface area contributed by atoms with Crippen molar-refractivity contribution in [2.75, 3.05) is 0 Å². The maximum atomic E-state index is 6.21. The molecule has 1 unspecified atom stereocenters. The zero-order valence-corrected chi connectivity index (χ0v) is 12.0. The van der Waals surface area contributed by atoms with Gasteiger partial charge in [-0.3, -0.25) is 16.0 Å².